The summed E-state index contributed by atoms with van der Waals surface area (Å²) in [5.41, 5.74) is 1.65. The Morgan fingerprint density at radius 1 is 1.19 bits per heavy atom. The average molecular weight is 477 g/mol. The van der Waals surface area contributed by atoms with Gasteiger partial charge in [-0.05, 0) is 55.9 Å². The molecule has 0 saturated carbocycles. The van der Waals surface area contributed by atoms with Crippen molar-refractivity contribution in [3.05, 3.63) is 53.1 Å². The third kappa shape index (κ3) is 5.77. The Morgan fingerprint density at radius 3 is 2.53 bits per heavy atom. The lowest BCUT2D eigenvalue weighted by molar-refractivity contribution is -0.152. The average Bonchev–Trinajstić information content (AvgIpc) is 2.87. The van der Waals surface area contributed by atoms with Crippen LogP contribution in [0.5, 0.6) is 5.75 Å². The number of hydrogen-bond donors (Lipinski definition) is 0. The fraction of sp³-hybridized carbons (Fsp3) is 0.417. The van der Waals surface area contributed by atoms with E-state index >= 15 is 0 Å². The van der Waals surface area contributed by atoms with Crippen LogP contribution in [0.25, 0.3) is 0 Å². The molecule has 1 amide bonds. The normalized spacial score (nSPS) is 18.3. The largest absolute Gasteiger partial charge is 0.497 e. The van der Waals surface area contributed by atoms with Crippen molar-refractivity contribution in [2.75, 3.05) is 38.7 Å². The number of likely N-dealkylation sites (N-methyl/N-ethyl adjacent to an activating group) is 1. The first-order valence-electron chi connectivity index (χ1n) is 10.6. The third-order valence-corrected chi connectivity index (χ3v) is 6.89. The van der Waals surface area contributed by atoms with E-state index in [1.807, 2.05) is 43.4 Å². The van der Waals surface area contributed by atoms with Crippen LogP contribution in [-0.4, -0.2) is 56.7 Å². The van der Waals surface area contributed by atoms with E-state index < -0.39 is 17.3 Å². The molecule has 1 aliphatic heterocycles. The molecule has 0 unspecified atom stereocenters. The van der Waals surface area contributed by atoms with Crippen LogP contribution in [-0.2, 0) is 14.3 Å². The molecule has 8 heteroatoms. The SMILES string of the molecule is CCCN(C)CCN1C(=O)[C@H](OC(C)=O)[C@H](c2ccc(OC)cc2)Sc2cc(Cl)ccc21. The van der Waals surface area contributed by atoms with Crippen LogP contribution in [0.15, 0.2) is 47.4 Å². The highest BCUT2D eigenvalue weighted by atomic mass is 35.5. The molecule has 2 atom stereocenters. The molecule has 32 heavy (non-hydrogen) atoms. The van der Waals surface area contributed by atoms with E-state index in [4.69, 9.17) is 21.1 Å². The minimum atomic E-state index is -0.964. The van der Waals surface area contributed by atoms with Gasteiger partial charge in [0.05, 0.1) is 18.0 Å². The number of rotatable bonds is 8. The predicted molar refractivity (Wildman–Crippen MR) is 129 cm³/mol. The van der Waals surface area contributed by atoms with Crippen molar-refractivity contribution in [1.29, 1.82) is 0 Å². The second kappa shape index (κ2) is 11.1. The van der Waals surface area contributed by atoms with Crippen LogP contribution in [0, 0.1) is 0 Å². The number of amides is 1. The van der Waals surface area contributed by atoms with Crippen LogP contribution >= 0.6 is 23.4 Å². The molecule has 2 aromatic carbocycles. The number of benzene rings is 2. The van der Waals surface area contributed by atoms with Gasteiger partial charge in [0, 0.05) is 29.9 Å². The lowest BCUT2D eigenvalue weighted by atomic mass is 10.1. The van der Waals surface area contributed by atoms with Crippen LogP contribution in [0.2, 0.25) is 5.02 Å². The van der Waals surface area contributed by atoms with E-state index in [0.29, 0.717) is 23.9 Å². The number of esters is 1. The van der Waals surface area contributed by atoms with Crippen molar-refractivity contribution in [3.8, 4) is 5.75 Å². The number of methoxy groups -OCH3 is 1. The summed E-state index contributed by atoms with van der Waals surface area (Å²) in [6, 6.07) is 13.0. The highest BCUT2D eigenvalue weighted by Crippen LogP contribution is 2.47. The van der Waals surface area contributed by atoms with Gasteiger partial charge in [-0.2, -0.15) is 0 Å². The number of fused-ring (bicyclic) bond motifs is 1. The zero-order valence-electron chi connectivity index (χ0n) is 18.8. The molecule has 0 N–H and O–H groups in total. The molecule has 3 rings (SSSR count). The molecule has 172 valence electrons. The first kappa shape index (κ1) is 24.4. The van der Waals surface area contributed by atoms with Gasteiger partial charge >= 0.3 is 5.97 Å². The monoisotopic (exact) mass is 476 g/mol. The second-order valence-electron chi connectivity index (χ2n) is 7.75. The minimum Gasteiger partial charge on any atom is -0.497 e. The number of ether oxygens (including phenoxy) is 2. The number of carbonyl (C=O) groups is 2. The maximum Gasteiger partial charge on any atom is 0.303 e. The van der Waals surface area contributed by atoms with E-state index in [2.05, 4.69) is 11.8 Å². The molecule has 0 aliphatic carbocycles. The predicted octanol–water partition coefficient (Wildman–Crippen LogP) is 4.80. The molecular formula is C24H29ClN2O4S. The summed E-state index contributed by atoms with van der Waals surface area (Å²) in [5, 5.41) is 0.166. The molecule has 6 nitrogen and oxygen atoms in total. The number of hydrogen-bond acceptors (Lipinski definition) is 6. The molecular weight excluding hydrogens is 448 g/mol. The number of halogens is 1. The standard InChI is InChI=1S/C24H29ClN2O4S/c1-5-12-26(3)13-14-27-20-11-8-18(25)15-21(20)32-23(22(24(27)29)31-16(2)28)17-6-9-19(30-4)10-7-17/h6-11,15,22-23H,5,12-14H2,1-4H3/t22-,23+/m1/s1. The lowest BCUT2D eigenvalue weighted by Crippen LogP contribution is -2.45. The first-order valence-corrected chi connectivity index (χ1v) is 11.9. The highest BCUT2D eigenvalue weighted by Gasteiger charge is 2.40. The molecule has 1 aliphatic rings. The van der Waals surface area contributed by atoms with Crippen molar-refractivity contribution in [1.82, 2.24) is 4.90 Å². The summed E-state index contributed by atoms with van der Waals surface area (Å²) in [7, 11) is 3.64. The molecule has 0 fully saturated rings. The van der Waals surface area contributed by atoms with E-state index in [9.17, 15) is 9.59 Å². The number of nitrogens with zero attached hydrogens (tertiary/aromatic N) is 2. The van der Waals surface area contributed by atoms with Gasteiger partial charge in [0.25, 0.3) is 5.91 Å². The Kier molecular flexibility index (Phi) is 8.45. The summed E-state index contributed by atoms with van der Waals surface area (Å²) in [5.74, 6) is -0.0132. The molecule has 0 bridgehead atoms. The summed E-state index contributed by atoms with van der Waals surface area (Å²) in [4.78, 5) is 30.5. The molecule has 0 aromatic heterocycles. The number of anilines is 1. The van der Waals surface area contributed by atoms with Gasteiger partial charge in [0.2, 0.25) is 0 Å². The van der Waals surface area contributed by atoms with E-state index in [1.54, 1.807) is 18.1 Å². The van der Waals surface area contributed by atoms with Gasteiger partial charge in [0.15, 0.2) is 6.10 Å². The second-order valence-corrected chi connectivity index (χ2v) is 9.37. The molecule has 0 spiro atoms. The third-order valence-electron chi connectivity index (χ3n) is 5.30. The summed E-state index contributed by atoms with van der Waals surface area (Å²) < 4.78 is 10.9. The summed E-state index contributed by atoms with van der Waals surface area (Å²) in [6.07, 6.45) is 0.0656. The lowest BCUT2D eigenvalue weighted by Gasteiger charge is -2.29. The zero-order chi connectivity index (χ0) is 23.3. The van der Waals surface area contributed by atoms with Crippen molar-refractivity contribution in [2.24, 2.45) is 0 Å². The van der Waals surface area contributed by atoms with Gasteiger partial charge in [-0.1, -0.05) is 30.7 Å². The van der Waals surface area contributed by atoms with Gasteiger partial charge in [0.1, 0.15) is 5.75 Å². The Hall–Kier alpha value is -2.22. The van der Waals surface area contributed by atoms with Crippen molar-refractivity contribution >= 4 is 40.9 Å². The molecule has 0 radical (unpaired) electrons. The minimum absolute atomic E-state index is 0.237. The Morgan fingerprint density at radius 2 is 1.91 bits per heavy atom. The summed E-state index contributed by atoms with van der Waals surface area (Å²) >= 11 is 7.79. The van der Waals surface area contributed by atoms with Crippen LogP contribution in [0.1, 0.15) is 31.1 Å². The molecule has 0 saturated heterocycles. The number of thioether (sulfide) groups is 1. The smallest absolute Gasteiger partial charge is 0.303 e. The highest BCUT2D eigenvalue weighted by molar-refractivity contribution is 7.99. The van der Waals surface area contributed by atoms with Gasteiger partial charge in [-0.25, -0.2) is 0 Å². The maximum absolute atomic E-state index is 13.8. The van der Waals surface area contributed by atoms with Crippen LogP contribution < -0.4 is 9.64 Å². The van der Waals surface area contributed by atoms with Gasteiger partial charge in [-0.3, -0.25) is 9.59 Å². The fourth-order valence-electron chi connectivity index (χ4n) is 3.73. The van der Waals surface area contributed by atoms with Crippen molar-refractivity contribution < 1.29 is 19.1 Å². The molecule has 2 aromatic rings. The quantitative estimate of drug-likeness (QED) is 0.510. The first-order chi connectivity index (χ1) is 15.3. The topological polar surface area (TPSA) is 59.1 Å². The fourth-order valence-corrected chi connectivity index (χ4v) is 5.32. The van der Waals surface area contributed by atoms with Crippen LogP contribution in [0.4, 0.5) is 5.69 Å². The Balaban J connectivity index is 2.04. The summed E-state index contributed by atoms with van der Waals surface area (Å²) in [6.45, 7) is 5.57. The maximum atomic E-state index is 13.8. The Labute approximate surface area is 198 Å². The molecule has 1 heterocycles. The van der Waals surface area contributed by atoms with E-state index in [-0.39, 0.29) is 5.91 Å². The van der Waals surface area contributed by atoms with Gasteiger partial charge < -0.3 is 19.3 Å². The zero-order valence-corrected chi connectivity index (χ0v) is 20.4. The van der Waals surface area contributed by atoms with E-state index in [1.165, 1.54) is 18.7 Å². The van der Waals surface area contributed by atoms with Crippen LogP contribution in [0.3, 0.4) is 0 Å². The van der Waals surface area contributed by atoms with E-state index in [0.717, 1.165) is 29.1 Å². The van der Waals surface area contributed by atoms with Crippen molar-refractivity contribution in [2.45, 2.75) is 36.5 Å². The Bertz CT molecular complexity index is 954. The van der Waals surface area contributed by atoms with Gasteiger partial charge in [-0.15, -0.1) is 11.8 Å². The number of carbonyl (C=O) groups excluding carboxylic acids is 2. The van der Waals surface area contributed by atoms with Crippen molar-refractivity contribution in [3.63, 3.8) is 0 Å².